The SMILES string of the molecule is CCOc1ccc(/C=C2\N=C(c3ccccc3Br)OC2=O)cc1. The van der Waals surface area contributed by atoms with Crippen LogP contribution in [0.1, 0.15) is 18.1 Å². The van der Waals surface area contributed by atoms with E-state index < -0.39 is 5.97 Å². The molecular formula is C18H14BrNO3. The van der Waals surface area contributed by atoms with Gasteiger partial charge in [0, 0.05) is 4.47 Å². The molecule has 2 aromatic carbocycles. The van der Waals surface area contributed by atoms with Crippen LogP contribution in [0, 0.1) is 0 Å². The summed E-state index contributed by atoms with van der Waals surface area (Å²) in [4.78, 5) is 16.3. The van der Waals surface area contributed by atoms with Crippen molar-refractivity contribution in [3.05, 3.63) is 69.8 Å². The number of carbonyl (C=O) groups excluding carboxylic acids is 1. The Morgan fingerprint density at radius 3 is 2.61 bits per heavy atom. The zero-order valence-corrected chi connectivity index (χ0v) is 14.0. The Kier molecular flexibility index (Phi) is 4.57. The number of benzene rings is 2. The van der Waals surface area contributed by atoms with Crippen LogP contribution in [-0.2, 0) is 9.53 Å². The molecule has 0 aliphatic carbocycles. The number of esters is 1. The van der Waals surface area contributed by atoms with E-state index in [1.807, 2.05) is 55.5 Å². The molecule has 5 heteroatoms. The smallest absolute Gasteiger partial charge is 0.363 e. The highest BCUT2D eigenvalue weighted by molar-refractivity contribution is 9.10. The van der Waals surface area contributed by atoms with Gasteiger partial charge in [-0.2, -0.15) is 0 Å². The summed E-state index contributed by atoms with van der Waals surface area (Å²) in [6.45, 7) is 2.55. The maximum atomic E-state index is 12.0. The van der Waals surface area contributed by atoms with Crippen molar-refractivity contribution in [3.8, 4) is 5.75 Å². The molecule has 4 nitrogen and oxygen atoms in total. The lowest BCUT2D eigenvalue weighted by atomic mass is 10.2. The maximum absolute atomic E-state index is 12.0. The molecule has 23 heavy (non-hydrogen) atoms. The molecule has 3 rings (SSSR count). The number of cyclic esters (lactones) is 1. The summed E-state index contributed by atoms with van der Waals surface area (Å²) in [5.74, 6) is 0.644. The van der Waals surface area contributed by atoms with Crippen molar-refractivity contribution in [3.63, 3.8) is 0 Å². The van der Waals surface area contributed by atoms with Crippen LogP contribution in [0.4, 0.5) is 0 Å². The zero-order valence-electron chi connectivity index (χ0n) is 12.5. The normalized spacial score (nSPS) is 15.5. The minimum atomic E-state index is -0.454. The van der Waals surface area contributed by atoms with E-state index in [9.17, 15) is 4.79 Å². The van der Waals surface area contributed by atoms with E-state index >= 15 is 0 Å². The van der Waals surface area contributed by atoms with Gasteiger partial charge in [-0.3, -0.25) is 0 Å². The second-order valence-corrected chi connectivity index (χ2v) is 5.67. The van der Waals surface area contributed by atoms with Gasteiger partial charge in [-0.1, -0.05) is 24.3 Å². The van der Waals surface area contributed by atoms with Crippen LogP contribution in [0.5, 0.6) is 5.75 Å². The van der Waals surface area contributed by atoms with E-state index in [0.29, 0.717) is 12.5 Å². The first-order valence-electron chi connectivity index (χ1n) is 7.17. The van der Waals surface area contributed by atoms with Crippen molar-refractivity contribution in [2.75, 3.05) is 6.61 Å². The Morgan fingerprint density at radius 2 is 1.91 bits per heavy atom. The summed E-state index contributed by atoms with van der Waals surface area (Å²) in [7, 11) is 0. The van der Waals surface area contributed by atoms with Crippen molar-refractivity contribution in [2.45, 2.75) is 6.92 Å². The summed E-state index contributed by atoms with van der Waals surface area (Å²) in [6, 6.07) is 14.9. The lowest BCUT2D eigenvalue weighted by Gasteiger charge is -2.02. The number of rotatable bonds is 4. The first kappa shape index (κ1) is 15.5. The van der Waals surface area contributed by atoms with Crippen molar-refractivity contribution in [2.24, 2.45) is 4.99 Å². The molecule has 0 saturated carbocycles. The van der Waals surface area contributed by atoms with Gasteiger partial charge in [0.2, 0.25) is 5.90 Å². The summed E-state index contributed by atoms with van der Waals surface area (Å²) in [6.07, 6.45) is 1.70. The van der Waals surface area contributed by atoms with Gasteiger partial charge in [-0.05, 0) is 58.8 Å². The average molecular weight is 372 g/mol. The van der Waals surface area contributed by atoms with Crippen LogP contribution in [0.3, 0.4) is 0 Å². The molecule has 1 heterocycles. The molecule has 0 bridgehead atoms. The first-order valence-corrected chi connectivity index (χ1v) is 7.97. The van der Waals surface area contributed by atoms with E-state index in [2.05, 4.69) is 20.9 Å². The number of nitrogens with zero attached hydrogens (tertiary/aromatic N) is 1. The van der Waals surface area contributed by atoms with Gasteiger partial charge in [-0.25, -0.2) is 9.79 Å². The van der Waals surface area contributed by atoms with Crippen LogP contribution >= 0.6 is 15.9 Å². The summed E-state index contributed by atoms with van der Waals surface area (Å²) < 4.78 is 11.5. The van der Waals surface area contributed by atoms with Gasteiger partial charge >= 0.3 is 5.97 Å². The fourth-order valence-corrected chi connectivity index (χ4v) is 2.60. The second-order valence-electron chi connectivity index (χ2n) is 4.82. The van der Waals surface area contributed by atoms with E-state index in [1.54, 1.807) is 6.08 Å². The fraction of sp³-hybridized carbons (Fsp3) is 0.111. The third-order valence-electron chi connectivity index (χ3n) is 3.22. The van der Waals surface area contributed by atoms with Gasteiger partial charge in [0.25, 0.3) is 0 Å². The number of ether oxygens (including phenoxy) is 2. The summed E-state index contributed by atoms with van der Waals surface area (Å²) >= 11 is 3.43. The summed E-state index contributed by atoms with van der Waals surface area (Å²) in [5, 5.41) is 0. The Labute approximate surface area is 142 Å². The monoisotopic (exact) mass is 371 g/mol. The minimum absolute atomic E-state index is 0.278. The van der Waals surface area contributed by atoms with Gasteiger partial charge in [-0.15, -0.1) is 0 Å². The molecule has 0 spiro atoms. The van der Waals surface area contributed by atoms with Gasteiger partial charge in [0.05, 0.1) is 12.2 Å². The number of aliphatic imine (C=N–C) groups is 1. The van der Waals surface area contributed by atoms with E-state index in [0.717, 1.165) is 21.3 Å². The molecule has 1 aliphatic rings. The molecule has 1 aliphatic heterocycles. The van der Waals surface area contributed by atoms with E-state index in [4.69, 9.17) is 9.47 Å². The molecule has 0 unspecified atom stereocenters. The third-order valence-corrected chi connectivity index (χ3v) is 3.91. The van der Waals surface area contributed by atoms with E-state index in [-0.39, 0.29) is 5.70 Å². The lowest BCUT2D eigenvalue weighted by Crippen LogP contribution is -2.05. The topological polar surface area (TPSA) is 47.9 Å². The Bertz CT molecular complexity index is 794. The molecule has 2 aromatic rings. The molecule has 0 aromatic heterocycles. The van der Waals surface area contributed by atoms with Crippen LogP contribution in [0.25, 0.3) is 6.08 Å². The van der Waals surface area contributed by atoms with Gasteiger partial charge in [0.1, 0.15) is 5.75 Å². The molecule has 0 atom stereocenters. The quantitative estimate of drug-likeness (QED) is 0.597. The highest BCUT2D eigenvalue weighted by Crippen LogP contribution is 2.24. The largest absolute Gasteiger partial charge is 0.494 e. The molecule has 0 fully saturated rings. The fourth-order valence-electron chi connectivity index (χ4n) is 2.14. The number of hydrogen-bond donors (Lipinski definition) is 0. The Hall–Kier alpha value is -2.40. The molecule has 0 amide bonds. The Morgan fingerprint density at radius 1 is 1.17 bits per heavy atom. The summed E-state index contributed by atoms with van der Waals surface area (Å²) in [5.41, 5.74) is 1.88. The maximum Gasteiger partial charge on any atom is 0.363 e. The zero-order chi connectivity index (χ0) is 16.2. The molecule has 0 N–H and O–H groups in total. The predicted molar refractivity (Wildman–Crippen MR) is 92.4 cm³/mol. The molecule has 0 radical (unpaired) electrons. The predicted octanol–water partition coefficient (Wildman–Crippen LogP) is 4.19. The van der Waals surface area contributed by atoms with Crippen LogP contribution in [0.15, 0.2) is 63.7 Å². The molecular weight excluding hydrogens is 358 g/mol. The van der Waals surface area contributed by atoms with Crippen molar-refractivity contribution < 1.29 is 14.3 Å². The molecule has 116 valence electrons. The van der Waals surface area contributed by atoms with Crippen molar-refractivity contribution in [1.82, 2.24) is 0 Å². The second kappa shape index (κ2) is 6.79. The number of carbonyl (C=O) groups is 1. The highest BCUT2D eigenvalue weighted by atomic mass is 79.9. The standard InChI is InChI=1S/C18H14BrNO3/c1-2-22-13-9-7-12(8-10-13)11-16-18(21)23-17(20-16)14-5-3-4-6-15(14)19/h3-11H,2H2,1H3/b16-11-. The average Bonchev–Trinajstić information content (AvgIpc) is 2.91. The third kappa shape index (κ3) is 3.51. The van der Waals surface area contributed by atoms with Crippen LogP contribution < -0.4 is 4.74 Å². The highest BCUT2D eigenvalue weighted by Gasteiger charge is 2.25. The van der Waals surface area contributed by atoms with Crippen LogP contribution in [0.2, 0.25) is 0 Å². The number of hydrogen-bond acceptors (Lipinski definition) is 4. The minimum Gasteiger partial charge on any atom is -0.494 e. The van der Waals surface area contributed by atoms with Gasteiger partial charge in [0.15, 0.2) is 5.70 Å². The van der Waals surface area contributed by atoms with Crippen molar-refractivity contribution in [1.29, 1.82) is 0 Å². The van der Waals surface area contributed by atoms with E-state index in [1.165, 1.54) is 0 Å². The molecule has 0 saturated heterocycles. The first-order chi connectivity index (χ1) is 11.2. The number of halogens is 1. The Balaban J connectivity index is 1.87. The van der Waals surface area contributed by atoms with Crippen molar-refractivity contribution >= 4 is 33.9 Å². The lowest BCUT2D eigenvalue weighted by molar-refractivity contribution is -0.129. The van der Waals surface area contributed by atoms with Crippen LogP contribution in [-0.4, -0.2) is 18.5 Å². The van der Waals surface area contributed by atoms with Gasteiger partial charge < -0.3 is 9.47 Å².